The molecule has 0 saturated carbocycles. The van der Waals surface area contributed by atoms with Crippen molar-refractivity contribution in [3.05, 3.63) is 59.4 Å². The van der Waals surface area contributed by atoms with Gasteiger partial charge in [0.1, 0.15) is 0 Å². The molecular weight excluding hydrogens is 298 g/mol. The summed E-state index contributed by atoms with van der Waals surface area (Å²) in [5.41, 5.74) is 1.98. The van der Waals surface area contributed by atoms with E-state index in [9.17, 15) is 4.79 Å². The maximum absolute atomic E-state index is 12.3. The average molecular weight is 316 g/mol. The molecule has 0 bridgehead atoms. The Hall–Kier alpha value is -2.07. The second-order valence-electron chi connectivity index (χ2n) is 5.34. The standard InChI is InChI=1S/C17H18ClN3O/c18-14-4-6-16(7-5-14)20-9-11-21(12-10-20)17(22)13-15-3-1-2-8-19-15/h1-8H,9-13H2. The van der Waals surface area contributed by atoms with Gasteiger partial charge >= 0.3 is 0 Å². The summed E-state index contributed by atoms with van der Waals surface area (Å²) in [5.74, 6) is 0.148. The molecule has 114 valence electrons. The van der Waals surface area contributed by atoms with Crippen molar-refractivity contribution in [1.82, 2.24) is 9.88 Å². The highest BCUT2D eigenvalue weighted by Gasteiger charge is 2.21. The van der Waals surface area contributed by atoms with Crippen LogP contribution in [0.2, 0.25) is 5.02 Å². The summed E-state index contributed by atoms with van der Waals surface area (Å²) in [5, 5.41) is 0.743. The minimum Gasteiger partial charge on any atom is -0.368 e. The van der Waals surface area contributed by atoms with Crippen molar-refractivity contribution >= 4 is 23.2 Å². The first kappa shape index (κ1) is 14.9. The summed E-state index contributed by atoms with van der Waals surface area (Å²) in [6.07, 6.45) is 2.10. The fourth-order valence-electron chi connectivity index (χ4n) is 2.64. The van der Waals surface area contributed by atoms with Gasteiger partial charge in [-0.1, -0.05) is 17.7 Å². The minimum atomic E-state index is 0.148. The maximum atomic E-state index is 12.3. The van der Waals surface area contributed by atoms with Crippen LogP contribution in [-0.2, 0) is 11.2 Å². The molecule has 1 amide bonds. The van der Waals surface area contributed by atoms with Crippen LogP contribution < -0.4 is 4.90 Å². The average Bonchev–Trinajstić information content (AvgIpc) is 2.57. The van der Waals surface area contributed by atoms with Crippen LogP contribution in [0, 0.1) is 0 Å². The van der Waals surface area contributed by atoms with E-state index in [-0.39, 0.29) is 5.91 Å². The molecule has 2 aromatic rings. The van der Waals surface area contributed by atoms with Gasteiger partial charge in [-0.3, -0.25) is 9.78 Å². The molecule has 0 unspecified atom stereocenters. The monoisotopic (exact) mass is 315 g/mol. The second-order valence-corrected chi connectivity index (χ2v) is 5.78. The van der Waals surface area contributed by atoms with Gasteiger partial charge in [0.25, 0.3) is 0 Å². The van der Waals surface area contributed by atoms with Crippen LogP contribution in [0.3, 0.4) is 0 Å². The lowest BCUT2D eigenvalue weighted by Gasteiger charge is -2.36. The van der Waals surface area contributed by atoms with E-state index < -0.39 is 0 Å². The molecule has 5 heteroatoms. The lowest BCUT2D eigenvalue weighted by Crippen LogP contribution is -2.49. The SMILES string of the molecule is O=C(Cc1ccccn1)N1CCN(c2ccc(Cl)cc2)CC1. The number of amides is 1. The smallest absolute Gasteiger partial charge is 0.228 e. The van der Waals surface area contributed by atoms with Gasteiger partial charge in [-0.2, -0.15) is 0 Å². The highest BCUT2D eigenvalue weighted by molar-refractivity contribution is 6.30. The quantitative estimate of drug-likeness (QED) is 0.873. The number of hydrogen-bond acceptors (Lipinski definition) is 3. The molecule has 1 fully saturated rings. The Morgan fingerprint density at radius 1 is 1.05 bits per heavy atom. The van der Waals surface area contributed by atoms with E-state index in [1.54, 1.807) is 6.20 Å². The van der Waals surface area contributed by atoms with Crippen LogP contribution in [-0.4, -0.2) is 42.0 Å². The summed E-state index contributed by atoms with van der Waals surface area (Å²) < 4.78 is 0. The number of pyridine rings is 1. The Kier molecular flexibility index (Phi) is 4.59. The lowest BCUT2D eigenvalue weighted by molar-refractivity contribution is -0.130. The van der Waals surface area contributed by atoms with Crippen molar-refractivity contribution < 1.29 is 4.79 Å². The van der Waals surface area contributed by atoms with E-state index in [4.69, 9.17) is 11.6 Å². The molecule has 3 rings (SSSR count). The number of rotatable bonds is 3. The zero-order chi connectivity index (χ0) is 15.4. The minimum absolute atomic E-state index is 0.148. The first-order chi connectivity index (χ1) is 10.7. The van der Waals surface area contributed by atoms with Crippen LogP contribution in [0.25, 0.3) is 0 Å². The van der Waals surface area contributed by atoms with Crippen molar-refractivity contribution in [2.75, 3.05) is 31.1 Å². The predicted molar refractivity (Wildman–Crippen MR) is 88.2 cm³/mol. The van der Waals surface area contributed by atoms with Gasteiger partial charge in [-0.15, -0.1) is 0 Å². The van der Waals surface area contributed by atoms with Gasteiger partial charge in [0.05, 0.1) is 6.42 Å². The fourth-order valence-corrected chi connectivity index (χ4v) is 2.76. The maximum Gasteiger partial charge on any atom is 0.228 e. The molecule has 22 heavy (non-hydrogen) atoms. The third-order valence-corrected chi connectivity index (χ3v) is 4.13. The molecule has 1 aromatic heterocycles. The normalized spacial score (nSPS) is 15.0. The van der Waals surface area contributed by atoms with E-state index in [0.29, 0.717) is 6.42 Å². The van der Waals surface area contributed by atoms with Gasteiger partial charge in [0.15, 0.2) is 0 Å². The molecule has 2 heterocycles. The largest absolute Gasteiger partial charge is 0.368 e. The fraction of sp³-hybridized carbons (Fsp3) is 0.294. The molecule has 0 atom stereocenters. The van der Waals surface area contributed by atoms with Crippen LogP contribution in [0.4, 0.5) is 5.69 Å². The van der Waals surface area contributed by atoms with Crippen molar-refractivity contribution in [1.29, 1.82) is 0 Å². The molecule has 0 N–H and O–H groups in total. The molecule has 1 saturated heterocycles. The number of aromatic nitrogens is 1. The van der Waals surface area contributed by atoms with Gasteiger partial charge < -0.3 is 9.80 Å². The van der Waals surface area contributed by atoms with Gasteiger partial charge in [0.2, 0.25) is 5.91 Å². The molecule has 0 radical (unpaired) electrons. The molecular formula is C17H18ClN3O. The summed E-state index contributed by atoms with van der Waals surface area (Å²) >= 11 is 5.92. The summed E-state index contributed by atoms with van der Waals surface area (Å²) in [6.45, 7) is 3.17. The topological polar surface area (TPSA) is 36.4 Å². The molecule has 0 spiro atoms. The third-order valence-electron chi connectivity index (χ3n) is 3.88. The highest BCUT2D eigenvalue weighted by atomic mass is 35.5. The number of carbonyl (C=O) groups excluding carboxylic acids is 1. The van der Waals surface area contributed by atoms with Gasteiger partial charge in [-0.05, 0) is 36.4 Å². The summed E-state index contributed by atoms with van der Waals surface area (Å²) in [4.78, 5) is 20.7. The molecule has 1 aromatic carbocycles. The molecule has 0 aliphatic carbocycles. The van der Waals surface area contributed by atoms with Crippen LogP contribution in [0.15, 0.2) is 48.7 Å². The third kappa shape index (κ3) is 3.57. The van der Waals surface area contributed by atoms with E-state index >= 15 is 0 Å². The lowest BCUT2D eigenvalue weighted by atomic mass is 10.2. The Labute approximate surface area is 135 Å². The second kappa shape index (κ2) is 6.79. The van der Waals surface area contributed by atoms with Crippen LogP contribution >= 0.6 is 11.6 Å². The Balaban J connectivity index is 1.55. The number of benzene rings is 1. The Bertz CT molecular complexity index is 622. The first-order valence-electron chi connectivity index (χ1n) is 7.40. The number of piperazine rings is 1. The van der Waals surface area contributed by atoms with Crippen molar-refractivity contribution in [3.63, 3.8) is 0 Å². The number of carbonyl (C=O) groups is 1. The van der Waals surface area contributed by atoms with Crippen molar-refractivity contribution in [2.24, 2.45) is 0 Å². The Morgan fingerprint density at radius 2 is 1.77 bits per heavy atom. The number of halogens is 1. The predicted octanol–water partition coefficient (Wildman–Crippen LogP) is 2.63. The summed E-state index contributed by atoms with van der Waals surface area (Å²) in [6, 6.07) is 13.5. The van der Waals surface area contributed by atoms with Crippen molar-refractivity contribution in [2.45, 2.75) is 6.42 Å². The van der Waals surface area contributed by atoms with Gasteiger partial charge in [-0.25, -0.2) is 0 Å². The van der Waals surface area contributed by atoms with Crippen LogP contribution in [0.5, 0.6) is 0 Å². The first-order valence-corrected chi connectivity index (χ1v) is 7.78. The van der Waals surface area contributed by atoms with E-state index in [0.717, 1.165) is 42.6 Å². The molecule has 1 aliphatic heterocycles. The van der Waals surface area contributed by atoms with E-state index in [2.05, 4.69) is 9.88 Å². The molecule has 1 aliphatic rings. The number of hydrogen-bond donors (Lipinski definition) is 0. The Morgan fingerprint density at radius 3 is 2.41 bits per heavy atom. The zero-order valence-electron chi connectivity index (χ0n) is 12.3. The van der Waals surface area contributed by atoms with Crippen molar-refractivity contribution in [3.8, 4) is 0 Å². The van der Waals surface area contributed by atoms with Crippen LogP contribution in [0.1, 0.15) is 5.69 Å². The molecule has 4 nitrogen and oxygen atoms in total. The zero-order valence-corrected chi connectivity index (χ0v) is 13.0. The number of nitrogens with zero attached hydrogens (tertiary/aromatic N) is 3. The van der Waals surface area contributed by atoms with E-state index in [1.165, 1.54) is 0 Å². The van der Waals surface area contributed by atoms with Gasteiger partial charge in [0, 0.05) is 48.8 Å². The highest BCUT2D eigenvalue weighted by Crippen LogP contribution is 2.19. The summed E-state index contributed by atoms with van der Waals surface area (Å²) in [7, 11) is 0. The number of anilines is 1. The van der Waals surface area contributed by atoms with E-state index in [1.807, 2.05) is 47.4 Å².